The van der Waals surface area contributed by atoms with Crippen LogP contribution < -0.4 is 0 Å². The third-order valence-corrected chi connectivity index (χ3v) is 3.89. The zero-order valence-electron chi connectivity index (χ0n) is 8.62. The number of imidazole rings is 1. The number of hydrogen-bond acceptors (Lipinski definition) is 2. The van der Waals surface area contributed by atoms with Crippen molar-refractivity contribution in [3.63, 3.8) is 0 Å². The first-order valence-corrected chi connectivity index (χ1v) is 6.20. The topological polar surface area (TPSA) is 28.7 Å². The van der Waals surface area contributed by atoms with E-state index in [9.17, 15) is 0 Å². The molecule has 0 radical (unpaired) electrons. The number of rotatable bonds is 1. The highest BCUT2D eigenvalue weighted by Gasteiger charge is 2.10. The first-order valence-electron chi connectivity index (χ1n) is 4.94. The van der Waals surface area contributed by atoms with Crippen molar-refractivity contribution in [1.29, 1.82) is 0 Å². The minimum atomic E-state index is 0.752. The number of aromatic nitrogens is 2. The maximum atomic E-state index is 6.09. The van der Waals surface area contributed by atoms with Crippen LogP contribution in [0.4, 0.5) is 0 Å². The van der Waals surface area contributed by atoms with E-state index < -0.39 is 0 Å². The van der Waals surface area contributed by atoms with Crippen LogP contribution in [0.25, 0.3) is 21.7 Å². The number of benzene rings is 1. The summed E-state index contributed by atoms with van der Waals surface area (Å²) in [5.74, 6) is 0.851. The molecule has 2 heterocycles. The Morgan fingerprint density at radius 3 is 2.88 bits per heavy atom. The molecule has 0 aliphatic heterocycles. The number of nitrogens with one attached hydrogen (secondary N) is 1. The van der Waals surface area contributed by atoms with E-state index in [-0.39, 0.29) is 0 Å². The van der Waals surface area contributed by atoms with Crippen LogP contribution in [-0.2, 0) is 0 Å². The fourth-order valence-electron chi connectivity index (χ4n) is 1.75. The van der Waals surface area contributed by atoms with Gasteiger partial charge in [0.1, 0.15) is 5.82 Å². The van der Waals surface area contributed by atoms with Gasteiger partial charge >= 0.3 is 0 Å². The summed E-state index contributed by atoms with van der Waals surface area (Å²) in [5.41, 5.74) is 3.24. The predicted molar refractivity (Wildman–Crippen MR) is 69.2 cm³/mol. The second-order valence-electron chi connectivity index (χ2n) is 3.65. The van der Waals surface area contributed by atoms with Crippen molar-refractivity contribution in [3.05, 3.63) is 40.2 Å². The summed E-state index contributed by atoms with van der Waals surface area (Å²) in [6.07, 6.45) is 0. The van der Waals surface area contributed by atoms with Crippen molar-refractivity contribution >= 4 is 34.0 Å². The van der Waals surface area contributed by atoms with Crippen LogP contribution in [0, 0.1) is 6.92 Å². The van der Waals surface area contributed by atoms with Crippen LogP contribution in [0.5, 0.6) is 0 Å². The third-order valence-electron chi connectivity index (χ3n) is 2.55. The maximum absolute atomic E-state index is 6.09. The van der Waals surface area contributed by atoms with Gasteiger partial charge < -0.3 is 4.98 Å². The number of H-pyrrole nitrogens is 1. The lowest BCUT2D eigenvalue weighted by atomic mass is 10.2. The van der Waals surface area contributed by atoms with Gasteiger partial charge in [0.05, 0.1) is 20.9 Å². The summed E-state index contributed by atoms with van der Waals surface area (Å²) >= 11 is 7.69. The molecule has 3 aromatic rings. The quantitative estimate of drug-likeness (QED) is 0.685. The van der Waals surface area contributed by atoms with Crippen molar-refractivity contribution < 1.29 is 0 Å². The fourth-order valence-corrected chi connectivity index (χ4v) is 2.84. The molecule has 0 saturated carbocycles. The molecule has 0 atom stereocenters. The Labute approximate surface area is 102 Å². The molecular formula is C12H9ClN2S. The van der Waals surface area contributed by atoms with Gasteiger partial charge in [0.15, 0.2) is 0 Å². The number of fused-ring (bicyclic) bond motifs is 1. The SMILES string of the molecule is Cc1cccc2[nH]c(-c3sccc3Cl)nc12. The standard InChI is InChI=1S/C12H9ClN2S/c1-7-3-2-4-9-10(7)15-12(14-9)11-8(13)5-6-16-11/h2-6H,1H3,(H,14,15). The zero-order chi connectivity index (χ0) is 11.1. The van der Waals surface area contributed by atoms with E-state index in [1.54, 1.807) is 11.3 Å². The van der Waals surface area contributed by atoms with Crippen molar-refractivity contribution in [2.24, 2.45) is 0 Å². The van der Waals surface area contributed by atoms with Gasteiger partial charge in [-0.3, -0.25) is 0 Å². The summed E-state index contributed by atoms with van der Waals surface area (Å²) < 4.78 is 0. The van der Waals surface area contributed by atoms with Crippen molar-refractivity contribution in [2.75, 3.05) is 0 Å². The van der Waals surface area contributed by atoms with E-state index in [1.807, 2.05) is 23.6 Å². The molecule has 0 fully saturated rings. The molecule has 0 unspecified atom stereocenters. The van der Waals surface area contributed by atoms with Gasteiger partial charge in [0.2, 0.25) is 0 Å². The maximum Gasteiger partial charge on any atom is 0.150 e. The molecule has 0 spiro atoms. The number of nitrogens with zero attached hydrogens (tertiary/aromatic N) is 1. The molecule has 1 N–H and O–H groups in total. The summed E-state index contributed by atoms with van der Waals surface area (Å²) in [7, 11) is 0. The Kier molecular flexibility index (Phi) is 2.23. The molecule has 3 rings (SSSR count). The molecule has 0 saturated heterocycles. The van der Waals surface area contributed by atoms with Gasteiger partial charge in [-0.25, -0.2) is 4.98 Å². The summed E-state index contributed by atoms with van der Waals surface area (Å²) in [5, 5.41) is 2.72. The normalized spacial score (nSPS) is 11.1. The molecule has 2 nitrogen and oxygen atoms in total. The second kappa shape index (κ2) is 3.61. The Hall–Kier alpha value is -1.32. The largest absolute Gasteiger partial charge is 0.337 e. The van der Waals surface area contributed by atoms with Crippen molar-refractivity contribution in [2.45, 2.75) is 6.92 Å². The monoisotopic (exact) mass is 248 g/mol. The average molecular weight is 249 g/mol. The molecule has 0 amide bonds. The Morgan fingerprint density at radius 2 is 2.19 bits per heavy atom. The first-order chi connectivity index (χ1) is 7.75. The molecule has 1 aromatic carbocycles. The zero-order valence-corrected chi connectivity index (χ0v) is 10.2. The van der Waals surface area contributed by atoms with E-state index in [4.69, 9.17) is 11.6 Å². The number of halogens is 1. The van der Waals surface area contributed by atoms with Crippen LogP contribution in [0.15, 0.2) is 29.6 Å². The Bertz CT molecular complexity index is 654. The minimum Gasteiger partial charge on any atom is -0.337 e. The molecule has 16 heavy (non-hydrogen) atoms. The molecule has 2 aromatic heterocycles. The van der Waals surface area contributed by atoms with Crippen LogP contribution in [0.3, 0.4) is 0 Å². The van der Waals surface area contributed by atoms with Crippen molar-refractivity contribution in [1.82, 2.24) is 9.97 Å². The second-order valence-corrected chi connectivity index (χ2v) is 4.98. The van der Waals surface area contributed by atoms with E-state index in [0.717, 1.165) is 26.8 Å². The number of thiophene rings is 1. The average Bonchev–Trinajstić information content (AvgIpc) is 2.84. The lowest BCUT2D eigenvalue weighted by molar-refractivity contribution is 1.35. The van der Waals surface area contributed by atoms with E-state index in [0.29, 0.717) is 0 Å². The first kappa shape index (κ1) is 9.87. The summed E-state index contributed by atoms with van der Waals surface area (Å²) in [4.78, 5) is 8.88. The highest BCUT2D eigenvalue weighted by atomic mass is 35.5. The third kappa shape index (κ3) is 1.44. The lowest BCUT2D eigenvalue weighted by Gasteiger charge is -1.90. The lowest BCUT2D eigenvalue weighted by Crippen LogP contribution is -1.75. The van der Waals surface area contributed by atoms with E-state index >= 15 is 0 Å². The highest BCUT2D eigenvalue weighted by molar-refractivity contribution is 7.14. The van der Waals surface area contributed by atoms with Crippen LogP contribution in [0.1, 0.15) is 5.56 Å². The fraction of sp³-hybridized carbons (Fsp3) is 0.0833. The number of para-hydroxylation sites is 1. The van der Waals surface area contributed by atoms with Crippen molar-refractivity contribution in [3.8, 4) is 10.7 Å². The van der Waals surface area contributed by atoms with Gasteiger partial charge in [-0.2, -0.15) is 0 Å². The smallest absolute Gasteiger partial charge is 0.150 e. The number of aryl methyl sites for hydroxylation is 1. The van der Waals surface area contributed by atoms with E-state index in [2.05, 4.69) is 23.0 Å². The predicted octanol–water partition coefficient (Wildman–Crippen LogP) is 4.25. The molecule has 4 heteroatoms. The molecular weight excluding hydrogens is 240 g/mol. The number of aromatic amines is 1. The highest BCUT2D eigenvalue weighted by Crippen LogP contribution is 2.32. The molecule has 0 bridgehead atoms. The van der Waals surface area contributed by atoms with Crippen LogP contribution in [-0.4, -0.2) is 9.97 Å². The van der Waals surface area contributed by atoms with Crippen LogP contribution >= 0.6 is 22.9 Å². The molecule has 0 aliphatic rings. The van der Waals surface area contributed by atoms with Gasteiger partial charge in [-0.1, -0.05) is 23.7 Å². The van der Waals surface area contributed by atoms with E-state index in [1.165, 1.54) is 5.56 Å². The Morgan fingerprint density at radius 1 is 1.31 bits per heavy atom. The Balaban J connectivity index is 2.27. The summed E-state index contributed by atoms with van der Waals surface area (Å²) in [6.45, 7) is 2.06. The van der Waals surface area contributed by atoms with Crippen LogP contribution in [0.2, 0.25) is 5.02 Å². The van der Waals surface area contributed by atoms with Gasteiger partial charge in [-0.05, 0) is 30.0 Å². The van der Waals surface area contributed by atoms with Gasteiger partial charge in [-0.15, -0.1) is 11.3 Å². The molecule has 0 aliphatic carbocycles. The summed E-state index contributed by atoms with van der Waals surface area (Å²) in [6, 6.07) is 8.00. The van der Waals surface area contributed by atoms with Gasteiger partial charge in [0, 0.05) is 0 Å². The number of hydrogen-bond donors (Lipinski definition) is 1. The molecule has 80 valence electrons. The minimum absolute atomic E-state index is 0.752. The van der Waals surface area contributed by atoms with Gasteiger partial charge in [0.25, 0.3) is 0 Å².